The fourth-order valence-electron chi connectivity index (χ4n) is 2.95. The number of amides is 1. The lowest BCUT2D eigenvalue weighted by Crippen LogP contribution is -2.25. The van der Waals surface area contributed by atoms with E-state index in [0.717, 1.165) is 5.56 Å². The van der Waals surface area contributed by atoms with Crippen LogP contribution in [0, 0.1) is 0 Å². The number of nitrogens with one attached hydrogen (secondary N) is 1. The van der Waals surface area contributed by atoms with E-state index in [2.05, 4.69) is 19.2 Å². The number of anilines is 2. The zero-order chi connectivity index (χ0) is 18.9. The molecule has 0 radical (unpaired) electrons. The molecule has 26 heavy (non-hydrogen) atoms. The lowest BCUT2D eigenvalue weighted by atomic mass is 10.0. The third-order valence-electron chi connectivity index (χ3n) is 4.39. The van der Waals surface area contributed by atoms with Crippen molar-refractivity contribution in [3.05, 3.63) is 58.6 Å². The van der Waals surface area contributed by atoms with Crippen molar-refractivity contribution in [2.75, 3.05) is 21.9 Å². The Hall–Kier alpha value is -2.05. The van der Waals surface area contributed by atoms with Crippen molar-refractivity contribution in [1.29, 1.82) is 0 Å². The van der Waals surface area contributed by atoms with Crippen molar-refractivity contribution in [1.82, 2.24) is 0 Å². The highest BCUT2D eigenvalue weighted by Gasteiger charge is 2.29. The normalized spacial score (nSPS) is 16.1. The van der Waals surface area contributed by atoms with Crippen molar-refractivity contribution in [2.45, 2.75) is 26.2 Å². The number of halogens is 1. The Bertz CT molecular complexity index is 942. The minimum atomic E-state index is -3.31. The fourth-order valence-corrected chi connectivity index (χ4v) is 4.71. The minimum Gasteiger partial charge on any atom is -0.322 e. The summed E-state index contributed by atoms with van der Waals surface area (Å²) in [5.41, 5.74) is 2.51. The summed E-state index contributed by atoms with van der Waals surface area (Å²) in [6.45, 7) is 4.58. The summed E-state index contributed by atoms with van der Waals surface area (Å²) in [6.07, 6.45) is 0.578. The largest absolute Gasteiger partial charge is 0.322 e. The number of nitrogens with zero attached hydrogens (tertiary/aromatic N) is 1. The van der Waals surface area contributed by atoms with Crippen molar-refractivity contribution in [3.8, 4) is 0 Å². The Labute approximate surface area is 159 Å². The van der Waals surface area contributed by atoms with Crippen molar-refractivity contribution in [2.24, 2.45) is 0 Å². The molecule has 1 saturated heterocycles. The lowest BCUT2D eigenvalue weighted by Gasteiger charge is -2.18. The Morgan fingerprint density at radius 1 is 1.19 bits per heavy atom. The molecule has 7 heteroatoms. The fraction of sp³-hybridized carbons (Fsp3) is 0.316. The number of hydrogen-bond donors (Lipinski definition) is 1. The predicted octanol–water partition coefficient (Wildman–Crippen LogP) is 4.26. The van der Waals surface area contributed by atoms with Crippen molar-refractivity contribution in [3.63, 3.8) is 0 Å². The van der Waals surface area contributed by atoms with Crippen molar-refractivity contribution < 1.29 is 13.2 Å². The third-order valence-corrected chi connectivity index (χ3v) is 6.59. The molecule has 0 saturated carbocycles. The molecule has 0 aromatic heterocycles. The predicted molar refractivity (Wildman–Crippen MR) is 106 cm³/mol. The molecule has 3 rings (SSSR count). The maximum atomic E-state index is 12.7. The number of hydrogen-bond acceptors (Lipinski definition) is 3. The Morgan fingerprint density at radius 2 is 1.96 bits per heavy atom. The smallest absolute Gasteiger partial charge is 0.257 e. The molecule has 0 atom stereocenters. The van der Waals surface area contributed by atoms with E-state index in [1.54, 1.807) is 12.1 Å². The van der Waals surface area contributed by atoms with Gasteiger partial charge >= 0.3 is 0 Å². The Balaban J connectivity index is 1.88. The molecule has 2 aromatic rings. The van der Waals surface area contributed by atoms with Crippen LogP contribution in [0.2, 0.25) is 5.02 Å². The van der Waals surface area contributed by atoms with Gasteiger partial charge in [0.2, 0.25) is 10.0 Å². The van der Waals surface area contributed by atoms with Crippen LogP contribution in [0.4, 0.5) is 11.4 Å². The first-order valence-electron chi connectivity index (χ1n) is 8.49. The summed E-state index contributed by atoms with van der Waals surface area (Å²) in [6, 6.07) is 12.3. The van der Waals surface area contributed by atoms with Crippen LogP contribution in [-0.4, -0.2) is 26.6 Å². The van der Waals surface area contributed by atoms with Gasteiger partial charge in [-0.25, -0.2) is 8.42 Å². The average Bonchev–Trinajstić information content (AvgIpc) is 2.94. The third kappa shape index (κ3) is 3.86. The van der Waals surface area contributed by atoms with Crippen LogP contribution in [0.25, 0.3) is 0 Å². The molecule has 1 aliphatic heterocycles. The summed E-state index contributed by atoms with van der Waals surface area (Å²) in [5.74, 6) is 0.104. The van der Waals surface area contributed by atoms with E-state index in [0.29, 0.717) is 30.3 Å². The first-order chi connectivity index (χ1) is 12.3. The SMILES string of the molecule is CC(C)c1cccc(NC(=O)c2cc(N3CCCS3(=O)=O)ccc2Cl)c1. The van der Waals surface area contributed by atoms with E-state index in [9.17, 15) is 13.2 Å². The van der Waals surface area contributed by atoms with Crippen LogP contribution in [0.3, 0.4) is 0 Å². The van der Waals surface area contributed by atoms with Crippen LogP contribution in [0.15, 0.2) is 42.5 Å². The topological polar surface area (TPSA) is 66.5 Å². The molecule has 1 amide bonds. The van der Waals surface area contributed by atoms with E-state index in [-0.39, 0.29) is 22.2 Å². The molecule has 1 aliphatic rings. The highest BCUT2D eigenvalue weighted by molar-refractivity contribution is 7.93. The van der Waals surface area contributed by atoms with Crippen LogP contribution >= 0.6 is 11.6 Å². The molecule has 0 aliphatic carbocycles. The van der Waals surface area contributed by atoms with E-state index in [1.807, 2.05) is 24.3 Å². The van der Waals surface area contributed by atoms with E-state index < -0.39 is 10.0 Å². The van der Waals surface area contributed by atoms with Gasteiger partial charge in [0.05, 0.1) is 22.0 Å². The average molecular weight is 393 g/mol. The molecule has 0 spiro atoms. The van der Waals surface area contributed by atoms with Crippen LogP contribution < -0.4 is 9.62 Å². The van der Waals surface area contributed by atoms with Gasteiger partial charge in [-0.05, 0) is 48.2 Å². The van der Waals surface area contributed by atoms with Gasteiger partial charge in [-0.2, -0.15) is 0 Å². The molecule has 0 unspecified atom stereocenters. The zero-order valence-corrected chi connectivity index (χ0v) is 16.3. The maximum absolute atomic E-state index is 12.7. The van der Waals surface area contributed by atoms with Gasteiger partial charge in [0.25, 0.3) is 5.91 Å². The van der Waals surface area contributed by atoms with Gasteiger partial charge < -0.3 is 5.32 Å². The first-order valence-corrected chi connectivity index (χ1v) is 10.5. The van der Waals surface area contributed by atoms with E-state index >= 15 is 0 Å². The standard InChI is InChI=1S/C19H21ClN2O3S/c1-13(2)14-5-3-6-15(11-14)21-19(23)17-12-16(7-8-18(17)20)22-9-4-10-26(22,24)25/h3,5-8,11-13H,4,9-10H2,1-2H3,(H,21,23). The second-order valence-corrected chi connectivity index (χ2v) is 9.06. The van der Waals surface area contributed by atoms with Gasteiger partial charge in [-0.1, -0.05) is 37.6 Å². The summed E-state index contributed by atoms with van der Waals surface area (Å²) >= 11 is 6.19. The molecule has 1 heterocycles. The lowest BCUT2D eigenvalue weighted by molar-refractivity contribution is 0.102. The molecule has 1 fully saturated rings. The van der Waals surface area contributed by atoms with Crippen molar-refractivity contribution >= 4 is 38.9 Å². The Kier molecular flexibility index (Phi) is 5.25. The second-order valence-electron chi connectivity index (χ2n) is 6.64. The highest BCUT2D eigenvalue weighted by atomic mass is 35.5. The first kappa shape index (κ1) is 18.7. The van der Waals surface area contributed by atoms with Crippen LogP contribution in [-0.2, 0) is 10.0 Å². The van der Waals surface area contributed by atoms with Crippen LogP contribution in [0.5, 0.6) is 0 Å². The van der Waals surface area contributed by atoms with Gasteiger partial charge in [0.15, 0.2) is 0 Å². The molecule has 1 N–H and O–H groups in total. The quantitative estimate of drug-likeness (QED) is 0.845. The summed E-state index contributed by atoms with van der Waals surface area (Å²) < 4.78 is 25.6. The minimum absolute atomic E-state index is 0.124. The number of rotatable bonds is 4. The van der Waals surface area contributed by atoms with E-state index in [4.69, 9.17) is 11.6 Å². The summed E-state index contributed by atoms with van der Waals surface area (Å²) in [5, 5.41) is 3.12. The number of carbonyl (C=O) groups excluding carboxylic acids is 1. The molecule has 0 bridgehead atoms. The summed E-state index contributed by atoms with van der Waals surface area (Å²) in [7, 11) is -3.31. The summed E-state index contributed by atoms with van der Waals surface area (Å²) in [4.78, 5) is 12.7. The van der Waals surface area contributed by atoms with E-state index in [1.165, 1.54) is 10.4 Å². The number of sulfonamides is 1. The molecular formula is C19H21ClN2O3S. The second kappa shape index (κ2) is 7.29. The number of carbonyl (C=O) groups is 1. The molecule has 2 aromatic carbocycles. The Morgan fingerprint density at radius 3 is 2.62 bits per heavy atom. The molecule has 138 valence electrons. The molecule has 5 nitrogen and oxygen atoms in total. The molecular weight excluding hydrogens is 372 g/mol. The maximum Gasteiger partial charge on any atom is 0.257 e. The number of benzene rings is 2. The van der Waals surface area contributed by atoms with Gasteiger partial charge in [0, 0.05) is 12.2 Å². The van der Waals surface area contributed by atoms with Gasteiger partial charge in [0.1, 0.15) is 0 Å². The zero-order valence-electron chi connectivity index (χ0n) is 14.7. The van der Waals surface area contributed by atoms with Gasteiger partial charge in [-0.3, -0.25) is 9.10 Å². The highest BCUT2D eigenvalue weighted by Crippen LogP contribution is 2.29. The van der Waals surface area contributed by atoms with Gasteiger partial charge in [-0.15, -0.1) is 0 Å². The monoisotopic (exact) mass is 392 g/mol. The van der Waals surface area contributed by atoms with Crippen LogP contribution in [0.1, 0.15) is 42.1 Å².